The maximum Gasteiger partial charge on any atom is 0.282 e. The van der Waals surface area contributed by atoms with Crippen molar-refractivity contribution in [3.63, 3.8) is 0 Å². The molecule has 0 saturated carbocycles. The number of benzene rings is 3. The van der Waals surface area contributed by atoms with Crippen LogP contribution in [0.5, 0.6) is 0 Å². The van der Waals surface area contributed by atoms with Gasteiger partial charge in [0.1, 0.15) is 0 Å². The molecule has 0 aliphatic carbocycles. The third kappa shape index (κ3) is 2.70. The van der Waals surface area contributed by atoms with Gasteiger partial charge < -0.3 is 4.98 Å². The summed E-state index contributed by atoms with van der Waals surface area (Å²) in [5.74, 6) is 0.514. The Labute approximate surface area is 160 Å². The molecule has 2 aromatic heterocycles. The van der Waals surface area contributed by atoms with Gasteiger partial charge in [0.2, 0.25) is 0 Å². The molecular weight excluding hydrogens is 348 g/mol. The molecule has 0 unspecified atom stereocenters. The zero-order chi connectivity index (χ0) is 18.9. The Morgan fingerprint density at radius 1 is 0.857 bits per heavy atom. The predicted octanol–water partition coefficient (Wildman–Crippen LogP) is 4.43. The first-order valence-corrected chi connectivity index (χ1v) is 8.99. The molecule has 5 rings (SSSR count). The Balaban J connectivity index is 1.73. The first-order valence-electron chi connectivity index (χ1n) is 8.99. The van der Waals surface area contributed by atoms with Crippen molar-refractivity contribution in [2.45, 2.75) is 0 Å². The lowest BCUT2D eigenvalue weighted by atomic mass is 10.2. The van der Waals surface area contributed by atoms with Gasteiger partial charge in [-0.15, -0.1) is 0 Å². The molecule has 134 valence electrons. The summed E-state index contributed by atoms with van der Waals surface area (Å²) in [6.45, 7) is 0. The largest absolute Gasteiger partial charge is 0.361 e. The van der Waals surface area contributed by atoms with Crippen molar-refractivity contribution in [2.75, 3.05) is 0 Å². The van der Waals surface area contributed by atoms with Crippen molar-refractivity contribution >= 4 is 28.0 Å². The number of para-hydroxylation sites is 2. The topological polar surface area (TPSA) is 63.0 Å². The number of hydrogen-bond donors (Lipinski definition) is 1. The highest BCUT2D eigenvalue weighted by atomic mass is 16.1. The smallest absolute Gasteiger partial charge is 0.282 e. The minimum absolute atomic E-state index is 0.194. The van der Waals surface area contributed by atoms with Crippen LogP contribution in [-0.4, -0.2) is 20.9 Å². The van der Waals surface area contributed by atoms with E-state index in [1.807, 2.05) is 79.0 Å². The Morgan fingerprint density at radius 2 is 1.57 bits per heavy atom. The van der Waals surface area contributed by atoms with Gasteiger partial charge >= 0.3 is 0 Å². The molecule has 5 heteroatoms. The minimum Gasteiger partial charge on any atom is -0.361 e. The number of aromatic nitrogens is 3. The fourth-order valence-electron chi connectivity index (χ4n) is 3.33. The SMILES string of the molecule is O=c1c2ccccc2nc(-c2ccccc2)n1/N=C\c1c[nH]c2ccccc12. The van der Waals surface area contributed by atoms with E-state index in [0.29, 0.717) is 16.7 Å². The zero-order valence-electron chi connectivity index (χ0n) is 14.9. The van der Waals surface area contributed by atoms with E-state index in [1.165, 1.54) is 4.68 Å². The molecule has 0 bridgehead atoms. The standard InChI is InChI=1S/C23H16N4O/c28-23-19-11-5-7-13-21(19)26-22(16-8-2-1-3-9-16)27(23)25-15-17-14-24-20-12-6-4-10-18(17)20/h1-15,24H/b25-15-. The van der Waals surface area contributed by atoms with Crippen LogP contribution < -0.4 is 5.56 Å². The highest BCUT2D eigenvalue weighted by Crippen LogP contribution is 2.19. The van der Waals surface area contributed by atoms with Gasteiger partial charge in [0.25, 0.3) is 5.56 Å². The average molecular weight is 364 g/mol. The van der Waals surface area contributed by atoms with E-state index in [0.717, 1.165) is 22.0 Å². The van der Waals surface area contributed by atoms with Gasteiger partial charge in [0.05, 0.1) is 17.1 Å². The second-order valence-corrected chi connectivity index (χ2v) is 6.47. The van der Waals surface area contributed by atoms with Gasteiger partial charge in [0.15, 0.2) is 5.82 Å². The summed E-state index contributed by atoms with van der Waals surface area (Å²) in [5, 5.41) is 6.11. The van der Waals surface area contributed by atoms with Crippen molar-refractivity contribution in [1.29, 1.82) is 0 Å². The second kappa shape index (κ2) is 6.63. The van der Waals surface area contributed by atoms with Crippen LogP contribution in [0, 0.1) is 0 Å². The van der Waals surface area contributed by atoms with Crippen molar-refractivity contribution in [2.24, 2.45) is 5.10 Å². The fourth-order valence-corrected chi connectivity index (χ4v) is 3.33. The Bertz CT molecular complexity index is 1380. The van der Waals surface area contributed by atoms with Gasteiger partial charge in [-0.3, -0.25) is 4.79 Å². The van der Waals surface area contributed by atoms with Crippen LogP contribution in [0.1, 0.15) is 5.56 Å². The summed E-state index contributed by atoms with van der Waals surface area (Å²) < 4.78 is 1.37. The van der Waals surface area contributed by atoms with E-state index >= 15 is 0 Å². The van der Waals surface area contributed by atoms with Crippen molar-refractivity contribution in [3.05, 3.63) is 101 Å². The number of H-pyrrole nitrogens is 1. The highest BCUT2D eigenvalue weighted by Gasteiger charge is 2.12. The molecule has 1 N–H and O–H groups in total. The summed E-state index contributed by atoms with van der Waals surface area (Å²) in [4.78, 5) is 21.1. The lowest BCUT2D eigenvalue weighted by Crippen LogP contribution is -2.20. The molecule has 2 heterocycles. The van der Waals surface area contributed by atoms with Crippen molar-refractivity contribution in [1.82, 2.24) is 14.6 Å². The van der Waals surface area contributed by atoms with Gasteiger partial charge in [-0.2, -0.15) is 9.78 Å². The maximum absolute atomic E-state index is 13.1. The van der Waals surface area contributed by atoms with Crippen molar-refractivity contribution in [3.8, 4) is 11.4 Å². The fraction of sp³-hybridized carbons (Fsp3) is 0. The van der Waals surface area contributed by atoms with E-state index in [1.54, 1.807) is 12.3 Å². The lowest BCUT2D eigenvalue weighted by Gasteiger charge is -2.09. The first-order chi connectivity index (χ1) is 13.8. The summed E-state index contributed by atoms with van der Waals surface area (Å²) in [5.41, 5.74) is 3.23. The van der Waals surface area contributed by atoms with Crippen LogP contribution in [0.15, 0.2) is 95.0 Å². The van der Waals surface area contributed by atoms with Gasteiger partial charge in [-0.25, -0.2) is 4.98 Å². The molecule has 3 aromatic carbocycles. The number of rotatable bonds is 3. The van der Waals surface area contributed by atoms with Gasteiger partial charge in [0, 0.05) is 28.2 Å². The number of nitrogens with zero attached hydrogens (tertiary/aromatic N) is 3. The van der Waals surface area contributed by atoms with E-state index in [9.17, 15) is 4.79 Å². The number of nitrogens with one attached hydrogen (secondary N) is 1. The molecule has 0 saturated heterocycles. The zero-order valence-corrected chi connectivity index (χ0v) is 14.9. The Morgan fingerprint density at radius 3 is 2.43 bits per heavy atom. The number of fused-ring (bicyclic) bond motifs is 2. The Kier molecular flexibility index (Phi) is 3.84. The Hall–Kier alpha value is -3.99. The van der Waals surface area contributed by atoms with E-state index < -0.39 is 0 Å². The van der Waals surface area contributed by atoms with Gasteiger partial charge in [-0.1, -0.05) is 60.7 Å². The van der Waals surface area contributed by atoms with Crippen LogP contribution in [-0.2, 0) is 0 Å². The third-order valence-corrected chi connectivity index (χ3v) is 4.72. The minimum atomic E-state index is -0.194. The van der Waals surface area contributed by atoms with E-state index in [2.05, 4.69) is 10.1 Å². The van der Waals surface area contributed by atoms with E-state index in [-0.39, 0.29) is 5.56 Å². The number of aromatic amines is 1. The molecule has 0 aliphatic heterocycles. The van der Waals surface area contributed by atoms with Crippen LogP contribution in [0.25, 0.3) is 33.2 Å². The summed E-state index contributed by atoms with van der Waals surface area (Å²) >= 11 is 0. The molecule has 0 aliphatic rings. The second-order valence-electron chi connectivity index (χ2n) is 6.47. The molecular formula is C23H16N4O. The summed E-state index contributed by atoms with van der Waals surface area (Å²) in [7, 11) is 0. The molecule has 0 spiro atoms. The van der Waals surface area contributed by atoms with Crippen LogP contribution >= 0.6 is 0 Å². The van der Waals surface area contributed by atoms with Gasteiger partial charge in [-0.05, 0) is 18.2 Å². The lowest BCUT2D eigenvalue weighted by molar-refractivity contribution is 0.830. The van der Waals surface area contributed by atoms with Crippen LogP contribution in [0.2, 0.25) is 0 Å². The third-order valence-electron chi connectivity index (χ3n) is 4.72. The monoisotopic (exact) mass is 364 g/mol. The van der Waals surface area contributed by atoms with Crippen LogP contribution in [0.3, 0.4) is 0 Å². The quantitative estimate of drug-likeness (QED) is 0.482. The molecule has 28 heavy (non-hydrogen) atoms. The maximum atomic E-state index is 13.1. The molecule has 0 amide bonds. The van der Waals surface area contributed by atoms with E-state index in [4.69, 9.17) is 4.98 Å². The predicted molar refractivity (Wildman–Crippen MR) is 113 cm³/mol. The molecule has 0 fully saturated rings. The molecule has 0 atom stereocenters. The van der Waals surface area contributed by atoms with Crippen LogP contribution in [0.4, 0.5) is 0 Å². The summed E-state index contributed by atoms with van der Waals surface area (Å²) in [6.07, 6.45) is 3.58. The molecule has 0 radical (unpaired) electrons. The average Bonchev–Trinajstić information content (AvgIpc) is 3.17. The first kappa shape index (κ1) is 16.2. The molecule has 5 nitrogen and oxygen atoms in total. The normalized spacial score (nSPS) is 11.6. The highest BCUT2D eigenvalue weighted by molar-refractivity contribution is 5.99. The molecule has 5 aromatic rings. The number of hydrogen-bond acceptors (Lipinski definition) is 3. The van der Waals surface area contributed by atoms with Crippen molar-refractivity contribution < 1.29 is 0 Å². The summed E-state index contributed by atoms with van der Waals surface area (Å²) in [6, 6.07) is 24.9.